The number of allylic oxidation sites excluding steroid dienone is 1. The Morgan fingerprint density at radius 1 is 1.04 bits per heavy atom. The van der Waals surface area contributed by atoms with Crippen LogP contribution in [0.3, 0.4) is 0 Å². The fourth-order valence-electron chi connectivity index (χ4n) is 3.81. The van der Waals surface area contributed by atoms with E-state index in [0.717, 1.165) is 6.42 Å². The van der Waals surface area contributed by atoms with Crippen LogP contribution < -0.4 is 5.73 Å². The molecule has 2 aromatic carbocycles. The van der Waals surface area contributed by atoms with E-state index in [2.05, 4.69) is 70.2 Å². The summed E-state index contributed by atoms with van der Waals surface area (Å²) in [6.45, 7) is 9.50. The van der Waals surface area contributed by atoms with Crippen molar-refractivity contribution in [3.8, 4) is 0 Å². The van der Waals surface area contributed by atoms with Gasteiger partial charge in [-0.3, -0.25) is 0 Å². The zero-order valence-corrected chi connectivity index (χ0v) is 14.7. The second-order valence-corrected chi connectivity index (χ2v) is 7.25. The Bertz CT molecular complexity index is 753. The van der Waals surface area contributed by atoms with E-state index in [1.807, 2.05) is 0 Å². The van der Waals surface area contributed by atoms with Gasteiger partial charge in [0.05, 0.1) is 0 Å². The summed E-state index contributed by atoms with van der Waals surface area (Å²) in [6.07, 6.45) is 5.73. The van der Waals surface area contributed by atoms with Gasteiger partial charge in [0, 0.05) is 12.5 Å². The highest BCUT2D eigenvalue weighted by atomic mass is 14.5. The molecule has 2 N–H and O–H groups in total. The van der Waals surface area contributed by atoms with Crippen LogP contribution in [0.1, 0.15) is 58.7 Å². The number of rotatable bonds is 4. The smallest absolute Gasteiger partial charge is 0.0282 e. The molecule has 0 saturated carbocycles. The standard InChI is InChI=1S/C22H27N/c1-14(2)9-17-5-6-18-7-8-19(20(18)12-17)21-11-15(3)10-16(4)22(21)13-23/h5-8,10-12,14,19H,9,13,23H2,1-4H3/t19-/m1/s1. The molecule has 120 valence electrons. The summed E-state index contributed by atoms with van der Waals surface area (Å²) in [7, 11) is 0. The van der Waals surface area contributed by atoms with Crippen molar-refractivity contribution in [1.29, 1.82) is 0 Å². The molecule has 3 rings (SSSR count). The molecule has 23 heavy (non-hydrogen) atoms. The number of fused-ring (bicyclic) bond motifs is 1. The van der Waals surface area contributed by atoms with Crippen LogP contribution in [0.15, 0.2) is 36.4 Å². The maximum atomic E-state index is 6.06. The van der Waals surface area contributed by atoms with Crippen molar-refractivity contribution in [1.82, 2.24) is 0 Å². The Morgan fingerprint density at radius 2 is 1.83 bits per heavy atom. The van der Waals surface area contributed by atoms with Gasteiger partial charge in [0.25, 0.3) is 0 Å². The third-order valence-electron chi connectivity index (χ3n) is 4.79. The van der Waals surface area contributed by atoms with Crippen LogP contribution >= 0.6 is 0 Å². The molecule has 1 aliphatic carbocycles. The SMILES string of the molecule is Cc1cc(C)c(CN)c([C@@H]2C=Cc3ccc(CC(C)C)cc32)c1. The monoisotopic (exact) mass is 305 g/mol. The van der Waals surface area contributed by atoms with E-state index < -0.39 is 0 Å². The summed E-state index contributed by atoms with van der Waals surface area (Å²) in [4.78, 5) is 0. The van der Waals surface area contributed by atoms with E-state index >= 15 is 0 Å². The van der Waals surface area contributed by atoms with Gasteiger partial charge in [0.2, 0.25) is 0 Å². The molecule has 1 aliphatic rings. The van der Waals surface area contributed by atoms with Crippen LogP contribution in [-0.4, -0.2) is 0 Å². The molecule has 1 atom stereocenters. The fraction of sp³-hybridized carbons (Fsp3) is 0.364. The summed E-state index contributed by atoms with van der Waals surface area (Å²) in [5.74, 6) is 1.02. The summed E-state index contributed by atoms with van der Waals surface area (Å²) >= 11 is 0. The summed E-state index contributed by atoms with van der Waals surface area (Å²) in [6, 6.07) is 11.5. The number of hydrogen-bond acceptors (Lipinski definition) is 1. The van der Waals surface area contributed by atoms with Gasteiger partial charge in [-0.2, -0.15) is 0 Å². The van der Waals surface area contributed by atoms with Crippen LogP contribution in [0.5, 0.6) is 0 Å². The first-order valence-corrected chi connectivity index (χ1v) is 8.60. The van der Waals surface area contributed by atoms with Gasteiger partial charge in [0.1, 0.15) is 0 Å². The first-order valence-electron chi connectivity index (χ1n) is 8.60. The van der Waals surface area contributed by atoms with Crippen molar-refractivity contribution in [2.75, 3.05) is 0 Å². The topological polar surface area (TPSA) is 26.0 Å². The second kappa shape index (κ2) is 6.33. The van der Waals surface area contributed by atoms with Gasteiger partial charge in [-0.25, -0.2) is 0 Å². The average molecular weight is 305 g/mol. The Kier molecular flexibility index (Phi) is 4.41. The molecule has 0 saturated heterocycles. The molecule has 0 aromatic heterocycles. The lowest BCUT2D eigenvalue weighted by Gasteiger charge is -2.19. The zero-order chi connectivity index (χ0) is 16.6. The highest BCUT2D eigenvalue weighted by Gasteiger charge is 2.22. The molecule has 0 fully saturated rings. The Hall–Kier alpha value is -1.86. The predicted molar refractivity (Wildman–Crippen MR) is 99.7 cm³/mol. The molecule has 0 radical (unpaired) electrons. The van der Waals surface area contributed by atoms with Gasteiger partial charge < -0.3 is 5.73 Å². The van der Waals surface area contributed by atoms with E-state index in [0.29, 0.717) is 18.4 Å². The van der Waals surface area contributed by atoms with E-state index in [4.69, 9.17) is 5.73 Å². The van der Waals surface area contributed by atoms with Crippen LogP contribution in [0.4, 0.5) is 0 Å². The summed E-state index contributed by atoms with van der Waals surface area (Å²) < 4.78 is 0. The maximum Gasteiger partial charge on any atom is 0.0282 e. The maximum absolute atomic E-state index is 6.06. The largest absolute Gasteiger partial charge is 0.326 e. The van der Waals surface area contributed by atoms with E-state index in [-0.39, 0.29) is 0 Å². The minimum Gasteiger partial charge on any atom is -0.326 e. The minimum absolute atomic E-state index is 0.342. The molecule has 1 nitrogen and oxygen atoms in total. The molecule has 0 amide bonds. The van der Waals surface area contributed by atoms with Gasteiger partial charge in [0.15, 0.2) is 0 Å². The highest BCUT2D eigenvalue weighted by molar-refractivity contribution is 5.67. The van der Waals surface area contributed by atoms with Crippen molar-refractivity contribution in [2.45, 2.75) is 46.6 Å². The average Bonchev–Trinajstić information content (AvgIpc) is 2.88. The first-order chi connectivity index (χ1) is 11.0. The van der Waals surface area contributed by atoms with E-state index in [1.54, 1.807) is 0 Å². The second-order valence-electron chi connectivity index (χ2n) is 7.25. The molecular weight excluding hydrogens is 278 g/mol. The number of aryl methyl sites for hydroxylation is 2. The normalized spacial score (nSPS) is 16.2. The van der Waals surface area contributed by atoms with Crippen molar-refractivity contribution >= 4 is 6.08 Å². The van der Waals surface area contributed by atoms with Crippen molar-refractivity contribution in [3.63, 3.8) is 0 Å². The lowest BCUT2D eigenvalue weighted by atomic mass is 9.85. The molecule has 0 heterocycles. The number of benzene rings is 2. The van der Waals surface area contributed by atoms with Crippen LogP contribution in [0, 0.1) is 19.8 Å². The molecule has 0 spiro atoms. The van der Waals surface area contributed by atoms with Gasteiger partial charge >= 0.3 is 0 Å². The fourth-order valence-corrected chi connectivity index (χ4v) is 3.81. The minimum atomic E-state index is 0.342. The molecule has 2 aromatic rings. The van der Waals surface area contributed by atoms with Crippen LogP contribution in [0.2, 0.25) is 0 Å². The quantitative estimate of drug-likeness (QED) is 0.833. The zero-order valence-electron chi connectivity index (χ0n) is 14.7. The first kappa shape index (κ1) is 16.0. The van der Waals surface area contributed by atoms with Crippen molar-refractivity contribution < 1.29 is 0 Å². The third kappa shape index (κ3) is 3.11. The molecular formula is C22H27N. The summed E-state index contributed by atoms with van der Waals surface area (Å²) in [5, 5.41) is 0. The Labute approximate surface area is 140 Å². The lowest BCUT2D eigenvalue weighted by molar-refractivity contribution is 0.646. The van der Waals surface area contributed by atoms with Crippen molar-refractivity contribution in [2.24, 2.45) is 11.7 Å². The molecule has 0 unspecified atom stereocenters. The predicted octanol–water partition coefficient (Wildman–Crippen LogP) is 5.12. The number of hydrogen-bond donors (Lipinski definition) is 1. The number of nitrogens with two attached hydrogens (primary N) is 1. The Balaban J connectivity index is 2.07. The molecule has 0 aliphatic heterocycles. The van der Waals surface area contributed by atoms with Gasteiger partial charge in [-0.05, 0) is 59.6 Å². The summed E-state index contributed by atoms with van der Waals surface area (Å²) in [5.41, 5.74) is 15.6. The van der Waals surface area contributed by atoms with E-state index in [9.17, 15) is 0 Å². The van der Waals surface area contributed by atoms with Crippen LogP contribution in [-0.2, 0) is 13.0 Å². The van der Waals surface area contributed by atoms with E-state index in [1.165, 1.54) is 38.9 Å². The Morgan fingerprint density at radius 3 is 2.52 bits per heavy atom. The van der Waals surface area contributed by atoms with Crippen LogP contribution in [0.25, 0.3) is 6.08 Å². The third-order valence-corrected chi connectivity index (χ3v) is 4.79. The lowest BCUT2D eigenvalue weighted by Crippen LogP contribution is -2.09. The van der Waals surface area contributed by atoms with Gasteiger partial charge in [-0.15, -0.1) is 0 Å². The molecule has 1 heteroatoms. The van der Waals surface area contributed by atoms with Gasteiger partial charge in [-0.1, -0.05) is 61.9 Å². The molecule has 0 bridgehead atoms. The highest BCUT2D eigenvalue weighted by Crippen LogP contribution is 2.38. The van der Waals surface area contributed by atoms with Crippen molar-refractivity contribution in [3.05, 3.63) is 75.4 Å².